The van der Waals surface area contributed by atoms with E-state index in [1.807, 2.05) is 60.7 Å². The maximum absolute atomic E-state index is 11.8. The van der Waals surface area contributed by atoms with Crippen molar-refractivity contribution >= 4 is 23.3 Å². The van der Waals surface area contributed by atoms with Gasteiger partial charge in [0.15, 0.2) is 0 Å². The van der Waals surface area contributed by atoms with Gasteiger partial charge in [0.05, 0.1) is 11.8 Å². The van der Waals surface area contributed by atoms with Crippen molar-refractivity contribution in [3.63, 3.8) is 0 Å². The zero-order chi connectivity index (χ0) is 15.1. The van der Waals surface area contributed by atoms with E-state index >= 15 is 0 Å². The molecule has 1 aliphatic carbocycles. The first-order chi connectivity index (χ1) is 10.8. The van der Waals surface area contributed by atoms with Gasteiger partial charge in [0.1, 0.15) is 12.6 Å². The Bertz CT molecular complexity index is 895. The quantitative estimate of drug-likeness (QED) is 0.671. The van der Waals surface area contributed by atoms with Crippen molar-refractivity contribution < 1.29 is 9.59 Å². The molecule has 1 aliphatic rings. The van der Waals surface area contributed by atoms with Gasteiger partial charge in [-0.2, -0.15) is 0 Å². The average Bonchev–Trinajstić information content (AvgIpc) is 2.59. The van der Waals surface area contributed by atoms with Gasteiger partial charge in [0.2, 0.25) is 0 Å². The molecule has 2 heteroatoms. The molecule has 0 radical (unpaired) electrons. The molecule has 2 atom stereocenters. The summed E-state index contributed by atoms with van der Waals surface area (Å²) in [5.41, 5.74) is 3.81. The monoisotopic (exact) mass is 286 g/mol. The second-order valence-corrected chi connectivity index (χ2v) is 5.65. The zero-order valence-electron chi connectivity index (χ0n) is 11.9. The Balaban J connectivity index is 2.13. The van der Waals surface area contributed by atoms with Crippen LogP contribution in [0.4, 0.5) is 0 Å². The number of carbonyl (C=O) groups is 2. The minimum Gasteiger partial charge on any atom is -0.302 e. The van der Waals surface area contributed by atoms with Gasteiger partial charge in [-0.25, -0.2) is 0 Å². The van der Waals surface area contributed by atoms with Crippen molar-refractivity contribution in [2.75, 3.05) is 0 Å². The van der Waals surface area contributed by atoms with E-state index < -0.39 is 0 Å². The highest BCUT2D eigenvalue weighted by Gasteiger charge is 2.32. The summed E-state index contributed by atoms with van der Waals surface area (Å²) < 4.78 is 0. The van der Waals surface area contributed by atoms with Crippen LogP contribution in [0, 0.1) is 0 Å². The van der Waals surface area contributed by atoms with E-state index in [-0.39, 0.29) is 11.8 Å². The highest BCUT2D eigenvalue weighted by Crippen LogP contribution is 2.44. The molecule has 106 valence electrons. The minimum atomic E-state index is -0.312. The van der Waals surface area contributed by atoms with E-state index in [0.29, 0.717) is 0 Å². The van der Waals surface area contributed by atoms with Crippen LogP contribution in [0.1, 0.15) is 34.1 Å². The first-order valence-electron chi connectivity index (χ1n) is 7.36. The third kappa shape index (κ3) is 1.67. The van der Waals surface area contributed by atoms with Gasteiger partial charge < -0.3 is 9.59 Å². The maximum Gasteiger partial charge on any atom is 0.131 e. The third-order valence-electron chi connectivity index (χ3n) is 4.59. The first kappa shape index (κ1) is 13.0. The second kappa shape index (κ2) is 4.92. The molecule has 2 nitrogen and oxygen atoms in total. The van der Waals surface area contributed by atoms with E-state index in [2.05, 4.69) is 0 Å². The molecule has 0 saturated carbocycles. The molecule has 0 heterocycles. The molecule has 0 N–H and O–H groups in total. The predicted molar refractivity (Wildman–Crippen MR) is 86.2 cm³/mol. The van der Waals surface area contributed by atoms with Crippen LogP contribution in [0.5, 0.6) is 0 Å². The van der Waals surface area contributed by atoms with Gasteiger partial charge in [-0.05, 0) is 33.0 Å². The number of rotatable bonds is 2. The molecule has 4 rings (SSSR count). The molecule has 0 bridgehead atoms. The number of fused-ring (bicyclic) bond motifs is 4. The van der Waals surface area contributed by atoms with Crippen LogP contribution < -0.4 is 0 Å². The van der Waals surface area contributed by atoms with Crippen molar-refractivity contribution in [2.45, 2.75) is 11.8 Å². The van der Waals surface area contributed by atoms with Gasteiger partial charge in [-0.3, -0.25) is 0 Å². The standard InChI is InChI=1S/C20H14O2/c21-11-18-15-7-3-4-8-16(15)19(12-22)20-14-6-2-1-5-13(14)9-10-17(18)20/h1-12,18-19H/t18-,19-/m1/s1. The second-order valence-electron chi connectivity index (χ2n) is 5.65. The van der Waals surface area contributed by atoms with E-state index in [1.54, 1.807) is 0 Å². The lowest BCUT2D eigenvalue weighted by atomic mass is 9.72. The molecule has 0 fully saturated rings. The number of carbonyl (C=O) groups excluding carboxylic acids is 2. The topological polar surface area (TPSA) is 34.1 Å². The summed E-state index contributed by atoms with van der Waals surface area (Å²) in [6, 6.07) is 19.8. The van der Waals surface area contributed by atoms with Crippen molar-refractivity contribution in [1.29, 1.82) is 0 Å². The summed E-state index contributed by atoms with van der Waals surface area (Å²) in [4.78, 5) is 23.6. The van der Waals surface area contributed by atoms with Crippen molar-refractivity contribution in [3.8, 4) is 0 Å². The van der Waals surface area contributed by atoms with E-state index in [4.69, 9.17) is 0 Å². The molecule has 3 aromatic carbocycles. The Morgan fingerprint density at radius 2 is 1.27 bits per heavy atom. The zero-order valence-corrected chi connectivity index (χ0v) is 11.9. The molecular weight excluding hydrogens is 272 g/mol. The molecule has 22 heavy (non-hydrogen) atoms. The van der Waals surface area contributed by atoms with Crippen LogP contribution in [0.3, 0.4) is 0 Å². The normalized spacial score (nSPS) is 19.3. The molecule has 0 aliphatic heterocycles. The predicted octanol–water partition coefficient (Wildman–Crippen LogP) is 3.81. The average molecular weight is 286 g/mol. The summed E-state index contributed by atoms with van der Waals surface area (Å²) in [5, 5.41) is 2.15. The van der Waals surface area contributed by atoms with Crippen LogP contribution in [0.25, 0.3) is 10.8 Å². The lowest BCUT2D eigenvalue weighted by molar-refractivity contribution is -0.109. The van der Waals surface area contributed by atoms with Gasteiger partial charge in [-0.15, -0.1) is 0 Å². The van der Waals surface area contributed by atoms with Crippen LogP contribution in [-0.4, -0.2) is 12.6 Å². The number of benzene rings is 3. The Kier molecular flexibility index (Phi) is 2.90. The molecule has 0 saturated heterocycles. The summed E-state index contributed by atoms with van der Waals surface area (Å²) in [7, 11) is 0. The summed E-state index contributed by atoms with van der Waals surface area (Å²) >= 11 is 0. The van der Waals surface area contributed by atoms with Crippen LogP contribution in [0.2, 0.25) is 0 Å². The fourth-order valence-corrected chi connectivity index (χ4v) is 3.62. The van der Waals surface area contributed by atoms with E-state index in [9.17, 15) is 9.59 Å². The molecule has 0 aromatic heterocycles. The van der Waals surface area contributed by atoms with Crippen molar-refractivity contribution in [3.05, 3.63) is 82.9 Å². The SMILES string of the molecule is O=C[C@@H]1c2ccccc2[C@@H](C=O)c2c1ccc1ccccc21. The summed E-state index contributed by atoms with van der Waals surface area (Å²) in [6.07, 6.45) is 1.97. The summed E-state index contributed by atoms with van der Waals surface area (Å²) in [5.74, 6) is -0.611. The van der Waals surface area contributed by atoms with E-state index in [1.165, 1.54) is 0 Å². The van der Waals surface area contributed by atoms with Crippen molar-refractivity contribution in [2.24, 2.45) is 0 Å². The third-order valence-corrected chi connectivity index (χ3v) is 4.59. The minimum absolute atomic E-state index is 0.299. The fourth-order valence-electron chi connectivity index (χ4n) is 3.62. The molecule has 0 amide bonds. The van der Waals surface area contributed by atoms with Crippen molar-refractivity contribution in [1.82, 2.24) is 0 Å². The highest BCUT2D eigenvalue weighted by molar-refractivity contribution is 5.94. The molecule has 0 unspecified atom stereocenters. The Labute approximate surface area is 128 Å². The summed E-state index contributed by atoms with van der Waals surface area (Å²) in [6.45, 7) is 0. The smallest absolute Gasteiger partial charge is 0.131 e. The highest BCUT2D eigenvalue weighted by atomic mass is 16.1. The fraction of sp³-hybridized carbons (Fsp3) is 0.100. The van der Waals surface area contributed by atoms with Gasteiger partial charge in [0, 0.05) is 0 Å². The number of aldehydes is 2. The van der Waals surface area contributed by atoms with Gasteiger partial charge in [-0.1, -0.05) is 60.7 Å². The lowest BCUT2D eigenvalue weighted by Crippen LogP contribution is -2.20. The lowest BCUT2D eigenvalue weighted by Gasteiger charge is -2.30. The Morgan fingerprint density at radius 1 is 0.636 bits per heavy atom. The largest absolute Gasteiger partial charge is 0.302 e. The number of hydrogen-bond acceptors (Lipinski definition) is 2. The maximum atomic E-state index is 11.8. The molecule has 0 spiro atoms. The van der Waals surface area contributed by atoms with Gasteiger partial charge in [0.25, 0.3) is 0 Å². The molecule has 3 aromatic rings. The number of hydrogen-bond donors (Lipinski definition) is 0. The molecular formula is C20H14O2. The van der Waals surface area contributed by atoms with Crippen LogP contribution >= 0.6 is 0 Å². The van der Waals surface area contributed by atoms with Crippen LogP contribution in [0.15, 0.2) is 60.7 Å². The Hall–Kier alpha value is -2.74. The van der Waals surface area contributed by atoms with Gasteiger partial charge >= 0.3 is 0 Å². The first-order valence-corrected chi connectivity index (χ1v) is 7.36. The van der Waals surface area contributed by atoms with E-state index in [0.717, 1.165) is 45.6 Å². The Morgan fingerprint density at radius 3 is 2.00 bits per heavy atom. The van der Waals surface area contributed by atoms with Crippen LogP contribution in [-0.2, 0) is 9.59 Å².